The fourth-order valence-electron chi connectivity index (χ4n) is 8.02. The van der Waals surface area contributed by atoms with Gasteiger partial charge in [-0.15, -0.1) is 0 Å². The minimum atomic E-state index is 0.0593. The Morgan fingerprint density at radius 1 is 0.305 bits per heavy atom. The first-order valence-electron chi connectivity index (χ1n) is 20.6. The Kier molecular flexibility index (Phi) is 9.69. The molecule has 0 radical (unpaired) electrons. The number of rotatable bonds is 8. The maximum Gasteiger partial charge on any atom is 0.137 e. The summed E-state index contributed by atoms with van der Waals surface area (Å²) in [6.07, 6.45) is 0. The van der Waals surface area contributed by atoms with Gasteiger partial charge in [-0.05, 0) is 117 Å². The second-order valence-electron chi connectivity index (χ2n) is 17.6. The lowest BCUT2D eigenvalue weighted by molar-refractivity contribution is 0.590. The van der Waals surface area contributed by atoms with Crippen molar-refractivity contribution in [2.75, 3.05) is 9.80 Å². The Hall–Kier alpha value is -6.84. The van der Waals surface area contributed by atoms with Gasteiger partial charge in [0.2, 0.25) is 0 Å². The van der Waals surface area contributed by atoms with Crippen molar-refractivity contribution < 1.29 is 4.42 Å². The SMILES string of the molecule is CC(C)(C)c1ccc(N(c2ccc(-c3ccccc3)cc2)c2ccc3c(c2)oc2cc(N(c4ccc(-c5ccccc5)cc4)c4ccc(C(C)(C)C)cc4)ccc23)cc1. The molecule has 0 bridgehead atoms. The van der Waals surface area contributed by atoms with Crippen LogP contribution < -0.4 is 9.80 Å². The molecule has 59 heavy (non-hydrogen) atoms. The van der Waals surface area contributed by atoms with Crippen molar-refractivity contribution in [1.82, 2.24) is 0 Å². The number of hydrogen-bond acceptors (Lipinski definition) is 3. The third kappa shape index (κ3) is 7.65. The smallest absolute Gasteiger partial charge is 0.137 e. The molecular formula is C56H50N2O. The second-order valence-corrected chi connectivity index (χ2v) is 17.6. The normalized spacial score (nSPS) is 11.9. The highest BCUT2D eigenvalue weighted by molar-refractivity contribution is 6.07. The van der Waals surface area contributed by atoms with Crippen LogP contribution in [0.2, 0.25) is 0 Å². The van der Waals surface area contributed by atoms with E-state index < -0.39 is 0 Å². The summed E-state index contributed by atoms with van der Waals surface area (Å²) in [5.41, 5.74) is 15.6. The molecule has 9 rings (SSSR count). The Morgan fingerprint density at radius 2 is 0.593 bits per heavy atom. The lowest BCUT2D eigenvalue weighted by Gasteiger charge is -2.27. The lowest BCUT2D eigenvalue weighted by Crippen LogP contribution is -2.13. The second kappa shape index (κ2) is 15.2. The molecule has 8 aromatic carbocycles. The van der Waals surface area contributed by atoms with Crippen LogP contribution in [0.4, 0.5) is 34.1 Å². The molecule has 0 fully saturated rings. The summed E-state index contributed by atoms with van der Waals surface area (Å²) in [6, 6.07) is 69.9. The molecule has 1 aromatic heterocycles. The van der Waals surface area contributed by atoms with E-state index in [-0.39, 0.29) is 10.8 Å². The molecule has 0 saturated carbocycles. The van der Waals surface area contributed by atoms with E-state index in [2.05, 4.69) is 245 Å². The molecule has 0 N–H and O–H groups in total. The Balaban J connectivity index is 1.12. The highest BCUT2D eigenvalue weighted by atomic mass is 16.3. The molecule has 9 aromatic rings. The van der Waals surface area contributed by atoms with Gasteiger partial charge in [0, 0.05) is 57.0 Å². The van der Waals surface area contributed by atoms with Gasteiger partial charge in [-0.3, -0.25) is 0 Å². The molecule has 1 heterocycles. The van der Waals surface area contributed by atoms with E-state index in [9.17, 15) is 0 Å². The predicted octanol–water partition coefficient (Wildman–Crippen LogP) is 16.5. The number of nitrogens with zero attached hydrogens (tertiary/aromatic N) is 2. The Bertz CT molecular complexity index is 2640. The van der Waals surface area contributed by atoms with Gasteiger partial charge in [0.15, 0.2) is 0 Å². The van der Waals surface area contributed by atoms with Crippen molar-refractivity contribution in [2.24, 2.45) is 0 Å². The van der Waals surface area contributed by atoms with Crippen molar-refractivity contribution in [3.63, 3.8) is 0 Å². The number of furan rings is 1. The van der Waals surface area contributed by atoms with Gasteiger partial charge in [0.05, 0.1) is 0 Å². The average molecular weight is 767 g/mol. The van der Waals surface area contributed by atoms with E-state index in [0.29, 0.717) is 0 Å². The van der Waals surface area contributed by atoms with Gasteiger partial charge in [-0.1, -0.05) is 151 Å². The van der Waals surface area contributed by atoms with Crippen molar-refractivity contribution in [1.29, 1.82) is 0 Å². The van der Waals surface area contributed by atoms with Crippen LogP contribution in [-0.2, 0) is 10.8 Å². The van der Waals surface area contributed by atoms with Crippen molar-refractivity contribution in [3.05, 3.63) is 205 Å². The zero-order valence-electron chi connectivity index (χ0n) is 34.8. The first-order chi connectivity index (χ1) is 28.5. The van der Waals surface area contributed by atoms with E-state index in [1.807, 2.05) is 0 Å². The molecular weight excluding hydrogens is 717 g/mol. The predicted molar refractivity (Wildman–Crippen MR) is 251 cm³/mol. The number of anilines is 6. The third-order valence-electron chi connectivity index (χ3n) is 11.4. The molecule has 0 atom stereocenters. The molecule has 0 aliphatic carbocycles. The molecule has 0 aliphatic heterocycles. The van der Waals surface area contributed by atoms with Crippen LogP contribution in [0.1, 0.15) is 52.7 Å². The monoisotopic (exact) mass is 766 g/mol. The van der Waals surface area contributed by atoms with Crippen LogP contribution >= 0.6 is 0 Å². The van der Waals surface area contributed by atoms with E-state index >= 15 is 0 Å². The highest BCUT2D eigenvalue weighted by Crippen LogP contribution is 2.43. The van der Waals surface area contributed by atoms with E-state index in [1.54, 1.807) is 0 Å². The lowest BCUT2D eigenvalue weighted by atomic mass is 9.87. The number of fused-ring (bicyclic) bond motifs is 3. The molecule has 290 valence electrons. The standard InChI is InChI=1S/C56H50N2O/c1-55(2,3)43-21-29-47(30-22-43)57(45-25-17-41(18-26-45)39-13-9-7-10-14-39)49-33-35-51-52-36-34-50(38-54(52)59-53(51)37-49)58(48-31-23-44(24-32-48)56(4,5)6)46-27-19-42(20-28-46)40-15-11-8-12-16-40/h7-38H,1-6H3. The maximum absolute atomic E-state index is 6.81. The van der Waals surface area contributed by atoms with E-state index in [1.165, 1.54) is 33.4 Å². The summed E-state index contributed by atoms with van der Waals surface area (Å²) in [5.74, 6) is 0. The zero-order chi connectivity index (χ0) is 40.7. The van der Waals surface area contributed by atoms with Crippen molar-refractivity contribution in [3.8, 4) is 22.3 Å². The maximum atomic E-state index is 6.81. The Morgan fingerprint density at radius 3 is 0.915 bits per heavy atom. The van der Waals surface area contributed by atoms with Gasteiger partial charge in [0.1, 0.15) is 11.2 Å². The topological polar surface area (TPSA) is 19.6 Å². The first kappa shape index (κ1) is 37.7. The van der Waals surface area contributed by atoms with Gasteiger partial charge in [-0.25, -0.2) is 0 Å². The zero-order valence-corrected chi connectivity index (χ0v) is 34.8. The summed E-state index contributed by atoms with van der Waals surface area (Å²) in [5, 5.41) is 2.18. The Labute approximate surface area is 348 Å². The van der Waals surface area contributed by atoms with Crippen LogP contribution in [0.25, 0.3) is 44.2 Å². The van der Waals surface area contributed by atoms with Gasteiger partial charge in [-0.2, -0.15) is 0 Å². The van der Waals surface area contributed by atoms with E-state index in [4.69, 9.17) is 4.42 Å². The van der Waals surface area contributed by atoms with Crippen molar-refractivity contribution in [2.45, 2.75) is 52.4 Å². The number of hydrogen-bond donors (Lipinski definition) is 0. The van der Waals surface area contributed by atoms with Crippen LogP contribution in [0, 0.1) is 0 Å². The summed E-state index contributed by atoms with van der Waals surface area (Å²) in [7, 11) is 0. The first-order valence-corrected chi connectivity index (χ1v) is 20.6. The molecule has 3 nitrogen and oxygen atoms in total. The van der Waals surface area contributed by atoms with Crippen LogP contribution in [0.3, 0.4) is 0 Å². The van der Waals surface area contributed by atoms with Crippen LogP contribution in [-0.4, -0.2) is 0 Å². The van der Waals surface area contributed by atoms with E-state index in [0.717, 1.165) is 56.1 Å². The molecule has 0 aliphatic rings. The minimum Gasteiger partial charge on any atom is -0.456 e. The largest absolute Gasteiger partial charge is 0.456 e. The quantitative estimate of drug-likeness (QED) is 0.154. The fourth-order valence-corrected chi connectivity index (χ4v) is 8.02. The summed E-state index contributed by atoms with van der Waals surface area (Å²) < 4.78 is 6.81. The summed E-state index contributed by atoms with van der Waals surface area (Å²) in [6.45, 7) is 13.5. The van der Waals surface area contributed by atoms with Crippen LogP contribution in [0.5, 0.6) is 0 Å². The molecule has 0 unspecified atom stereocenters. The van der Waals surface area contributed by atoms with Crippen LogP contribution in [0.15, 0.2) is 199 Å². The highest BCUT2D eigenvalue weighted by Gasteiger charge is 2.21. The summed E-state index contributed by atoms with van der Waals surface area (Å²) >= 11 is 0. The third-order valence-corrected chi connectivity index (χ3v) is 11.4. The number of benzene rings is 8. The molecule has 3 heteroatoms. The molecule has 0 saturated heterocycles. The van der Waals surface area contributed by atoms with Gasteiger partial charge < -0.3 is 14.2 Å². The average Bonchev–Trinajstić information content (AvgIpc) is 3.62. The van der Waals surface area contributed by atoms with Gasteiger partial charge in [0.25, 0.3) is 0 Å². The molecule has 0 amide bonds. The molecule has 0 spiro atoms. The van der Waals surface area contributed by atoms with Gasteiger partial charge >= 0.3 is 0 Å². The fraction of sp³-hybridized carbons (Fsp3) is 0.143. The van der Waals surface area contributed by atoms with Crippen molar-refractivity contribution >= 4 is 56.1 Å². The minimum absolute atomic E-state index is 0.0593. The summed E-state index contributed by atoms with van der Waals surface area (Å²) in [4.78, 5) is 4.64.